The van der Waals surface area contributed by atoms with E-state index in [2.05, 4.69) is 15.3 Å². The minimum absolute atomic E-state index is 0.0336. The molecule has 0 spiro atoms. The SMILES string of the molecule is COc1cccc(C(=O)Cc2cccc(-c3ccnc(NCCc4ccc(OC)c(OC)c4)n3)c2)c1. The van der Waals surface area contributed by atoms with E-state index in [-0.39, 0.29) is 5.78 Å². The zero-order chi connectivity index (χ0) is 25.3. The third-order valence-corrected chi connectivity index (χ3v) is 5.78. The molecule has 1 heterocycles. The van der Waals surface area contributed by atoms with Crippen molar-refractivity contribution in [2.24, 2.45) is 0 Å². The number of ketones is 1. The van der Waals surface area contributed by atoms with E-state index in [9.17, 15) is 4.79 Å². The summed E-state index contributed by atoms with van der Waals surface area (Å²) in [6.07, 6.45) is 2.80. The highest BCUT2D eigenvalue weighted by molar-refractivity contribution is 5.98. The maximum absolute atomic E-state index is 12.8. The first kappa shape index (κ1) is 24.7. The fourth-order valence-corrected chi connectivity index (χ4v) is 3.88. The fraction of sp³-hybridized carbons (Fsp3) is 0.207. The number of carbonyl (C=O) groups excluding carboxylic acids is 1. The topological polar surface area (TPSA) is 82.6 Å². The Morgan fingerprint density at radius 2 is 1.67 bits per heavy atom. The van der Waals surface area contributed by atoms with Crippen molar-refractivity contribution in [3.63, 3.8) is 0 Å². The van der Waals surface area contributed by atoms with Gasteiger partial charge in [0.15, 0.2) is 17.3 Å². The van der Waals surface area contributed by atoms with Crippen LogP contribution < -0.4 is 19.5 Å². The number of ether oxygens (including phenoxy) is 3. The molecule has 0 amide bonds. The largest absolute Gasteiger partial charge is 0.497 e. The average Bonchev–Trinajstić information content (AvgIpc) is 2.93. The highest BCUT2D eigenvalue weighted by Crippen LogP contribution is 2.27. The van der Waals surface area contributed by atoms with Crippen LogP contribution in [0.15, 0.2) is 79.0 Å². The fourth-order valence-electron chi connectivity index (χ4n) is 3.88. The summed E-state index contributed by atoms with van der Waals surface area (Å²) in [6.45, 7) is 0.661. The van der Waals surface area contributed by atoms with Gasteiger partial charge in [-0.05, 0) is 53.9 Å². The zero-order valence-electron chi connectivity index (χ0n) is 20.7. The van der Waals surface area contributed by atoms with E-state index in [1.54, 1.807) is 39.7 Å². The van der Waals surface area contributed by atoms with Gasteiger partial charge in [-0.25, -0.2) is 9.97 Å². The number of aromatic nitrogens is 2. The lowest BCUT2D eigenvalue weighted by atomic mass is 10.0. The second-order valence-corrected chi connectivity index (χ2v) is 8.16. The van der Waals surface area contributed by atoms with Crippen LogP contribution in [-0.2, 0) is 12.8 Å². The zero-order valence-corrected chi connectivity index (χ0v) is 20.7. The molecule has 0 aliphatic heterocycles. The smallest absolute Gasteiger partial charge is 0.223 e. The summed E-state index contributed by atoms with van der Waals surface area (Å²) in [5, 5.41) is 3.29. The van der Waals surface area contributed by atoms with Crippen molar-refractivity contribution in [3.8, 4) is 28.5 Å². The molecule has 0 atom stereocenters. The van der Waals surface area contributed by atoms with Crippen LogP contribution in [0.1, 0.15) is 21.5 Å². The first-order chi connectivity index (χ1) is 17.6. The molecule has 4 aromatic rings. The van der Waals surface area contributed by atoms with Crippen molar-refractivity contribution in [2.45, 2.75) is 12.8 Å². The first-order valence-electron chi connectivity index (χ1n) is 11.6. The van der Waals surface area contributed by atoms with Gasteiger partial charge in [0.1, 0.15) is 5.75 Å². The van der Waals surface area contributed by atoms with Crippen molar-refractivity contribution in [2.75, 3.05) is 33.2 Å². The van der Waals surface area contributed by atoms with Gasteiger partial charge in [-0.15, -0.1) is 0 Å². The molecule has 1 aromatic heterocycles. The molecular weight excluding hydrogens is 454 g/mol. The molecule has 0 aliphatic carbocycles. The van der Waals surface area contributed by atoms with E-state index in [4.69, 9.17) is 14.2 Å². The Balaban J connectivity index is 1.41. The minimum Gasteiger partial charge on any atom is -0.497 e. The number of Topliss-reactive ketones (excluding diaryl/α,β-unsaturated/α-hetero) is 1. The van der Waals surface area contributed by atoms with Gasteiger partial charge >= 0.3 is 0 Å². The monoisotopic (exact) mass is 483 g/mol. The molecule has 0 aliphatic rings. The summed E-state index contributed by atoms with van der Waals surface area (Å²) in [5.74, 6) is 2.66. The first-order valence-corrected chi connectivity index (χ1v) is 11.6. The van der Waals surface area contributed by atoms with Crippen molar-refractivity contribution < 1.29 is 19.0 Å². The number of benzene rings is 3. The molecule has 0 radical (unpaired) electrons. The van der Waals surface area contributed by atoms with E-state index in [0.29, 0.717) is 41.7 Å². The molecule has 0 bridgehead atoms. The molecule has 0 saturated heterocycles. The normalized spacial score (nSPS) is 10.5. The Labute approximate surface area is 211 Å². The number of methoxy groups -OCH3 is 3. The molecule has 7 heteroatoms. The standard InChI is InChI=1S/C29H29N3O4/c1-34-24-9-5-8-23(19-24)26(33)17-21-6-4-7-22(16-21)25-13-15-31-29(32-25)30-14-12-20-10-11-27(35-2)28(18-20)36-3/h4-11,13,15-16,18-19H,12,14,17H2,1-3H3,(H,30,31,32). The molecule has 0 fully saturated rings. The number of hydrogen-bond acceptors (Lipinski definition) is 7. The Morgan fingerprint density at radius 3 is 2.47 bits per heavy atom. The van der Waals surface area contributed by atoms with Gasteiger partial charge in [0.2, 0.25) is 5.95 Å². The van der Waals surface area contributed by atoms with Crippen LogP contribution in [0.2, 0.25) is 0 Å². The Morgan fingerprint density at radius 1 is 0.833 bits per heavy atom. The molecule has 4 rings (SSSR count). The molecule has 1 N–H and O–H groups in total. The molecule has 0 saturated carbocycles. The lowest BCUT2D eigenvalue weighted by molar-refractivity contribution is 0.0992. The van der Waals surface area contributed by atoms with Gasteiger partial charge < -0.3 is 19.5 Å². The molecule has 36 heavy (non-hydrogen) atoms. The van der Waals surface area contributed by atoms with E-state index >= 15 is 0 Å². The lowest BCUT2D eigenvalue weighted by Crippen LogP contribution is -2.08. The van der Waals surface area contributed by atoms with Gasteiger partial charge in [-0.1, -0.05) is 36.4 Å². The molecular formula is C29H29N3O4. The highest BCUT2D eigenvalue weighted by Gasteiger charge is 2.10. The predicted molar refractivity (Wildman–Crippen MR) is 140 cm³/mol. The van der Waals surface area contributed by atoms with Crippen LogP contribution in [-0.4, -0.2) is 43.6 Å². The summed E-state index contributed by atoms with van der Waals surface area (Å²) in [7, 11) is 4.84. The summed E-state index contributed by atoms with van der Waals surface area (Å²) in [4.78, 5) is 21.8. The number of anilines is 1. The second kappa shape index (κ2) is 11.8. The van der Waals surface area contributed by atoms with Gasteiger partial charge in [0, 0.05) is 30.3 Å². The Kier molecular flexibility index (Phi) is 8.13. The van der Waals surface area contributed by atoms with Crippen molar-refractivity contribution >= 4 is 11.7 Å². The van der Waals surface area contributed by atoms with E-state index in [0.717, 1.165) is 28.8 Å². The van der Waals surface area contributed by atoms with Crippen LogP contribution >= 0.6 is 0 Å². The van der Waals surface area contributed by atoms with Crippen LogP contribution in [0.3, 0.4) is 0 Å². The second-order valence-electron chi connectivity index (χ2n) is 8.16. The van der Waals surface area contributed by atoms with Gasteiger partial charge in [0.25, 0.3) is 0 Å². The third-order valence-electron chi connectivity index (χ3n) is 5.78. The quantitative estimate of drug-likeness (QED) is 0.292. The number of nitrogens with one attached hydrogen (secondary N) is 1. The van der Waals surface area contributed by atoms with E-state index in [1.807, 2.05) is 60.7 Å². The number of hydrogen-bond donors (Lipinski definition) is 1. The number of rotatable bonds is 11. The number of carbonyl (C=O) groups is 1. The molecule has 184 valence electrons. The summed E-state index contributed by atoms with van der Waals surface area (Å²) >= 11 is 0. The molecule has 0 unspecified atom stereocenters. The van der Waals surface area contributed by atoms with E-state index < -0.39 is 0 Å². The maximum Gasteiger partial charge on any atom is 0.223 e. The maximum atomic E-state index is 12.8. The Bertz CT molecular complexity index is 1340. The Hall–Kier alpha value is -4.39. The van der Waals surface area contributed by atoms with Crippen molar-refractivity contribution in [1.82, 2.24) is 9.97 Å². The minimum atomic E-state index is 0.0336. The highest BCUT2D eigenvalue weighted by atomic mass is 16.5. The van der Waals surface area contributed by atoms with Crippen LogP contribution in [0.5, 0.6) is 17.2 Å². The van der Waals surface area contributed by atoms with Crippen molar-refractivity contribution in [3.05, 3.63) is 95.7 Å². The predicted octanol–water partition coefficient (Wildman–Crippen LogP) is 5.25. The lowest BCUT2D eigenvalue weighted by Gasteiger charge is -2.10. The molecule has 7 nitrogen and oxygen atoms in total. The number of nitrogens with zero attached hydrogens (tertiary/aromatic N) is 2. The van der Waals surface area contributed by atoms with Crippen molar-refractivity contribution in [1.29, 1.82) is 0 Å². The van der Waals surface area contributed by atoms with Crippen LogP contribution in [0, 0.1) is 0 Å². The summed E-state index contributed by atoms with van der Waals surface area (Å²) < 4.78 is 15.9. The van der Waals surface area contributed by atoms with Gasteiger partial charge in [0.05, 0.1) is 27.0 Å². The van der Waals surface area contributed by atoms with Crippen LogP contribution in [0.4, 0.5) is 5.95 Å². The summed E-state index contributed by atoms with van der Waals surface area (Å²) in [6, 6.07) is 22.8. The van der Waals surface area contributed by atoms with Gasteiger partial charge in [-0.3, -0.25) is 4.79 Å². The molecule has 3 aromatic carbocycles. The average molecular weight is 484 g/mol. The van der Waals surface area contributed by atoms with Gasteiger partial charge in [-0.2, -0.15) is 0 Å². The summed E-state index contributed by atoms with van der Waals surface area (Å²) in [5.41, 5.74) is 4.37. The third kappa shape index (κ3) is 6.18. The van der Waals surface area contributed by atoms with Crippen LogP contribution in [0.25, 0.3) is 11.3 Å². The van der Waals surface area contributed by atoms with E-state index in [1.165, 1.54) is 0 Å².